The Morgan fingerprint density at radius 1 is 0.313 bits per heavy atom. The molecule has 0 rings (SSSR count). The largest absolute Gasteiger partial charge is 0.462 e. The lowest BCUT2D eigenvalue weighted by atomic mass is 10.1. The zero-order chi connectivity index (χ0) is 48.6. The molecule has 0 saturated heterocycles. The Hall–Kier alpha value is -3.67. The van der Waals surface area contributed by atoms with Gasteiger partial charge in [0, 0.05) is 19.3 Å². The topological polar surface area (TPSA) is 78.9 Å². The third kappa shape index (κ3) is 53.2. The van der Waals surface area contributed by atoms with Gasteiger partial charge in [0.25, 0.3) is 0 Å². The highest BCUT2D eigenvalue weighted by atomic mass is 16.6. The van der Waals surface area contributed by atoms with E-state index in [1.807, 2.05) is 0 Å². The first-order chi connectivity index (χ1) is 33.0. The van der Waals surface area contributed by atoms with Crippen molar-refractivity contribution in [1.29, 1.82) is 0 Å². The summed E-state index contributed by atoms with van der Waals surface area (Å²) in [6.07, 6.45) is 72.5. The lowest BCUT2D eigenvalue weighted by Gasteiger charge is -2.18. The molecule has 0 saturated carbocycles. The molecule has 0 N–H and O–H groups in total. The summed E-state index contributed by atoms with van der Waals surface area (Å²) >= 11 is 0. The van der Waals surface area contributed by atoms with Crippen LogP contribution in [0.25, 0.3) is 0 Å². The number of carbonyl (C=O) groups excluding carboxylic acids is 3. The fourth-order valence-corrected chi connectivity index (χ4v) is 7.37. The van der Waals surface area contributed by atoms with Crippen molar-refractivity contribution in [1.82, 2.24) is 0 Å². The van der Waals surface area contributed by atoms with Crippen molar-refractivity contribution in [2.75, 3.05) is 13.2 Å². The number of hydrogen-bond acceptors (Lipinski definition) is 6. The maximum Gasteiger partial charge on any atom is 0.306 e. The Labute approximate surface area is 413 Å². The van der Waals surface area contributed by atoms with Gasteiger partial charge in [0.05, 0.1) is 0 Å². The minimum absolute atomic E-state index is 0.0980. The van der Waals surface area contributed by atoms with E-state index in [4.69, 9.17) is 14.2 Å². The van der Waals surface area contributed by atoms with Crippen molar-refractivity contribution < 1.29 is 28.6 Å². The number of rotatable bonds is 49. The third-order valence-corrected chi connectivity index (χ3v) is 11.5. The van der Waals surface area contributed by atoms with Gasteiger partial charge >= 0.3 is 17.9 Å². The molecule has 0 aliphatic rings. The van der Waals surface area contributed by atoms with E-state index in [1.165, 1.54) is 96.3 Å². The molecule has 0 aliphatic carbocycles. The van der Waals surface area contributed by atoms with Crippen molar-refractivity contribution in [3.8, 4) is 0 Å². The van der Waals surface area contributed by atoms with Crippen molar-refractivity contribution >= 4 is 17.9 Å². The summed E-state index contributed by atoms with van der Waals surface area (Å²) in [4.78, 5) is 38.1. The van der Waals surface area contributed by atoms with Gasteiger partial charge in [0.1, 0.15) is 13.2 Å². The molecular formula is C61H102O6. The lowest BCUT2D eigenvalue weighted by Crippen LogP contribution is -2.30. The van der Waals surface area contributed by atoms with Gasteiger partial charge in [0.15, 0.2) is 6.10 Å². The molecular weight excluding hydrogens is 829 g/mol. The predicted octanol–water partition coefficient (Wildman–Crippen LogP) is 18.5. The fourth-order valence-electron chi connectivity index (χ4n) is 7.37. The van der Waals surface area contributed by atoms with Gasteiger partial charge < -0.3 is 14.2 Å². The van der Waals surface area contributed by atoms with E-state index in [1.54, 1.807) is 0 Å². The van der Waals surface area contributed by atoms with Crippen LogP contribution in [0.2, 0.25) is 0 Å². The van der Waals surface area contributed by atoms with Crippen LogP contribution in [0.15, 0.2) is 97.2 Å². The first kappa shape index (κ1) is 63.3. The van der Waals surface area contributed by atoms with E-state index in [0.717, 1.165) is 116 Å². The number of allylic oxidation sites excluding steroid dienone is 16. The van der Waals surface area contributed by atoms with Crippen LogP contribution < -0.4 is 0 Å². The molecule has 0 aromatic heterocycles. The van der Waals surface area contributed by atoms with Crippen molar-refractivity contribution in [3.05, 3.63) is 97.2 Å². The van der Waals surface area contributed by atoms with Crippen LogP contribution in [0, 0.1) is 0 Å². The average molecular weight is 931 g/mol. The summed E-state index contributed by atoms with van der Waals surface area (Å²) in [6, 6.07) is 0. The molecule has 1 atom stereocenters. The normalized spacial score (nSPS) is 12.8. The van der Waals surface area contributed by atoms with E-state index in [-0.39, 0.29) is 31.1 Å². The molecule has 0 bridgehead atoms. The second kappa shape index (κ2) is 54.9. The fraction of sp³-hybridized carbons (Fsp3) is 0.689. The van der Waals surface area contributed by atoms with E-state index in [0.29, 0.717) is 19.3 Å². The summed E-state index contributed by atoms with van der Waals surface area (Å²) < 4.78 is 16.8. The van der Waals surface area contributed by atoms with Crippen molar-refractivity contribution in [3.63, 3.8) is 0 Å². The molecule has 0 aromatic carbocycles. The van der Waals surface area contributed by atoms with Gasteiger partial charge in [-0.25, -0.2) is 0 Å². The van der Waals surface area contributed by atoms with Gasteiger partial charge in [-0.3, -0.25) is 14.4 Å². The molecule has 6 nitrogen and oxygen atoms in total. The standard InChI is InChI=1S/C61H102O6/c1-4-7-10-13-16-19-22-25-27-29-30-32-33-36-39-42-45-48-51-54-60(63)66-57-58(56-65-59(62)53-50-47-44-41-38-35-24-21-18-15-12-9-6-3)67-61(64)55-52-49-46-43-40-37-34-31-28-26-23-20-17-14-11-8-5-2/h9,12,16-21,25-28,30,32,35,38,58H,4-8,10-11,13-15,22-24,29,31,33-34,36-37,39-57H2,1-3H3/b12-9-,19-16-,20-17-,21-18-,27-25-,28-26-,32-30-,38-35-. The summed E-state index contributed by atoms with van der Waals surface area (Å²) in [5.41, 5.74) is 0. The Balaban J connectivity index is 4.45. The molecule has 0 aliphatic heterocycles. The number of hydrogen-bond donors (Lipinski definition) is 0. The highest BCUT2D eigenvalue weighted by molar-refractivity contribution is 5.71. The second-order valence-corrected chi connectivity index (χ2v) is 18.1. The van der Waals surface area contributed by atoms with Crippen molar-refractivity contribution in [2.24, 2.45) is 0 Å². The van der Waals surface area contributed by atoms with Crippen molar-refractivity contribution in [2.45, 2.75) is 258 Å². The molecule has 0 radical (unpaired) electrons. The van der Waals surface area contributed by atoms with Gasteiger partial charge in [-0.1, -0.05) is 208 Å². The Morgan fingerprint density at radius 2 is 0.582 bits per heavy atom. The van der Waals surface area contributed by atoms with Crippen LogP contribution in [0.4, 0.5) is 0 Å². The van der Waals surface area contributed by atoms with E-state index >= 15 is 0 Å². The summed E-state index contributed by atoms with van der Waals surface area (Å²) in [6.45, 7) is 6.43. The zero-order valence-electron chi connectivity index (χ0n) is 43.6. The quantitative estimate of drug-likeness (QED) is 0.0262. The Kier molecular flexibility index (Phi) is 51.9. The number of unbranched alkanes of at least 4 members (excludes halogenated alkanes) is 22. The maximum absolute atomic E-state index is 12.8. The highest BCUT2D eigenvalue weighted by Crippen LogP contribution is 2.14. The van der Waals surface area contributed by atoms with Crippen LogP contribution >= 0.6 is 0 Å². The number of carbonyl (C=O) groups is 3. The summed E-state index contributed by atoms with van der Waals surface area (Å²) in [5.74, 6) is -0.947. The molecule has 0 heterocycles. The Morgan fingerprint density at radius 3 is 0.925 bits per heavy atom. The minimum atomic E-state index is -0.801. The SMILES string of the molecule is CC/C=C\C/C=C\C/C=C\CCCCCC(=O)OCC(COC(=O)CCCCCCCC/C=C\C/C=C\C/C=C\CCCCC)OC(=O)CCCCCCCCC/C=C\C/C=C\CCCCC. The van der Waals surface area contributed by atoms with Crippen LogP contribution in [0.3, 0.4) is 0 Å². The lowest BCUT2D eigenvalue weighted by molar-refractivity contribution is -0.167. The maximum atomic E-state index is 12.8. The summed E-state index contributed by atoms with van der Waals surface area (Å²) in [5, 5.41) is 0. The summed E-state index contributed by atoms with van der Waals surface area (Å²) in [7, 11) is 0. The molecule has 382 valence electrons. The molecule has 0 spiro atoms. The Bertz CT molecular complexity index is 1350. The van der Waals surface area contributed by atoms with Crippen LogP contribution in [0.5, 0.6) is 0 Å². The third-order valence-electron chi connectivity index (χ3n) is 11.5. The second-order valence-electron chi connectivity index (χ2n) is 18.1. The monoisotopic (exact) mass is 931 g/mol. The number of esters is 3. The first-order valence-corrected chi connectivity index (χ1v) is 27.7. The smallest absolute Gasteiger partial charge is 0.306 e. The molecule has 0 aromatic rings. The van der Waals surface area contributed by atoms with E-state index in [2.05, 4.69) is 118 Å². The van der Waals surface area contributed by atoms with E-state index in [9.17, 15) is 14.4 Å². The van der Waals surface area contributed by atoms with Gasteiger partial charge in [-0.2, -0.15) is 0 Å². The molecule has 1 unspecified atom stereocenters. The molecule has 67 heavy (non-hydrogen) atoms. The van der Waals surface area contributed by atoms with Crippen LogP contribution in [-0.2, 0) is 28.6 Å². The highest BCUT2D eigenvalue weighted by Gasteiger charge is 2.19. The first-order valence-electron chi connectivity index (χ1n) is 27.7. The van der Waals surface area contributed by atoms with Gasteiger partial charge in [0.2, 0.25) is 0 Å². The number of ether oxygens (including phenoxy) is 3. The minimum Gasteiger partial charge on any atom is -0.462 e. The van der Waals surface area contributed by atoms with Crippen LogP contribution in [0.1, 0.15) is 252 Å². The predicted molar refractivity (Wildman–Crippen MR) is 288 cm³/mol. The molecule has 6 heteroatoms. The zero-order valence-corrected chi connectivity index (χ0v) is 43.6. The average Bonchev–Trinajstić information content (AvgIpc) is 3.33. The van der Waals surface area contributed by atoms with E-state index < -0.39 is 6.10 Å². The molecule has 0 amide bonds. The van der Waals surface area contributed by atoms with Gasteiger partial charge in [-0.15, -0.1) is 0 Å². The van der Waals surface area contributed by atoms with Crippen LogP contribution in [-0.4, -0.2) is 37.2 Å². The molecule has 0 fully saturated rings. The van der Waals surface area contributed by atoms with Gasteiger partial charge in [-0.05, 0) is 122 Å².